The minimum Gasteiger partial charge on any atom is -0.577 e. The minimum absolute atomic E-state index is 0. The van der Waals surface area contributed by atoms with Crippen molar-refractivity contribution in [1.82, 2.24) is 0 Å². The van der Waals surface area contributed by atoms with E-state index in [1.165, 1.54) is 48.0 Å². The van der Waals surface area contributed by atoms with Crippen LogP contribution in [-0.4, -0.2) is 0 Å². The fraction of sp³-hybridized carbons (Fsp3) is 0.161. The van der Waals surface area contributed by atoms with Gasteiger partial charge >= 0.3 is 0 Å². The summed E-state index contributed by atoms with van der Waals surface area (Å²) in [5.41, 5.74) is 6.81. The molecule has 0 unspecified atom stereocenters. The van der Waals surface area contributed by atoms with Crippen LogP contribution in [0.25, 0.3) is 11.7 Å². The van der Waals surface area contributed by atoms with Crippen LogP contribution in [0, 0.1) is 11.5 Å². The van der Waals surface area contributed by atoms with Crippen LogP contribution in [0.15, 0.2) is 121 Å². The number of rotatable bonds is 4. The molecule has 1 radical (unpaired) electrons. The van der Waals surface area contributed by atoms with Crippen LogP contribution in [-0.2, 0) is 20.4 Å². The second-order valence-corrected chi connectivity index (χ2v) is 9.91. The molecule has 0 amide bonds. The number of benzene rings is 4. The molecule has 0 saturated heterocycles. The molecule has 4 heteroatoms. The van der Waals surface area contributed by atoms with E-state index in [9.17, 15) is 0 Å². The van der Waals surface area contributed by atoms with E-state index in [0.29, 0.717) is 0 Å². The smallest absolute Gasteiger partial charge is 0 e. The van der Waals surface area contributed by atoms with Crippen molar-refractivity contribution in [2.45, 2.75) is 32.1 Å². The number of hydrogen-bond donors (Lipinski definition) is 0. The van der Waals surface area contributed by atoms with Gasteiger partial charge < -0.3 is 10.5 Å². The van der Waals surface area contributed by atoms with Gasteiger partial charge in [0.05, 0.1) is 0 Å². The summed E-state index contributed by atoms with van der Waals surface area (Å²) in [4.78, 5) is 7.25. The Hall–Kier alpha value is -2.69. The molecule has 4 aromatic carbocycles. The second kappa shape index (κ2) is 19.6. The molecule has 5 rings (SSSR count). The standard InChI is InChI=1S/C18H15P.C8H7.C5H10.NO.Re/c1-4-10-16(11-5-1)19(17-12-6-2-7-13-17)18-14-8-3-9-15-18;1-2-8-6-4-3-5-7-8;1-2-4-5-3-1;1-2;/h1-15H;1-7H;1-5H2;;/q;-1;;-1;. The van der Waals surface area contributed by atoms with Gasteiger partial charge in [0, 0.05) is 20.4 Å². The van der Waals surface area contributed by atoms with Crippen LogP contribution < -0.4 is 15.9 Å². The Morgan fingerprint density at radius 1 is 0.514 bits per heavy atom. The maximum atomic E-state index is 7.25. The number of nitrogens with zero attached hydrogens (tertiary/aromatic N) is 1. The fourth-order valence-corrected chi connectivity index (χ4v) is 5.93. The van der Waals surface area contributed by atoms with Gasteiger partial charge in [0.2, 0.25) is 0 Å². The Balaban J connectivity index is 0.000000316. The maximum absolute atomic E-state index is 7.25. The molecule has 1 aliphatic rings. The van der Waals surface area contributed by atoms with E-state index in [2.05, 4.69) is 91.0 Å². The Kier molecular flexibility index (Phi) is 17.0. The molecule has 0 aromatic heterocycles. The van der Waals surface area contributed by atoms with Crippen molar-refractivity contribution in [2.75, 3.05) is 0 Å². The van der Waals surface area contributed by atoms with Crippen LogP contribution in [0.3, 0.4) is 0 Å². The SMILES string of the molecule is C1CCCC1.[CH-]=Cc1ccccc1.[N-]=O.[Re].c1ccc(P(c2ccccc2)c2ccccc2)cc1. The van der Waals surface area contributed by atoms with Gasteiger partial charge in [0.1, 0.15) is 0 Å². The molecule has 1 aliphatic carbocycles. The molecule has 0 aliphatic heterocycles. The van der Waals surface area contributed by atoms with Crippen LogP contribution in [0.1, 0.15) is 37.7 Å². The Bertz CT molecular complexity index is 925. The zero-order valence-electron chi connectivity index (χ0n) is 19.9. The van der Waals surface area contributed by atoms with Crippen molar-refractivity contribution in [2.24, 2.45) is 0 Å². The first kappa shape index (κ1) is 30.3. The van der Waals surface area contributed by atoms with Crippen molar-refractivity contribution in [1.29, 1.82) is 0 Å². The maximum Gasteiger partial charge on any atom is 0 e. The zero-order chi connectivity index (χ0) is 24.3. The van der Waals surface area contributed by atoms with Crippen molar-refractivity contribution in [3.63, 3.8) is 0 Å². The summed E-state index contributed by atoms with van der Waals surface area (Å²) < 4.78 is 0. The molecule has 0 bridgehead atoms. The van der Waals surface area contributed by atoms with Gasteiger partial charge in [-0.25, -0.2) is 6.08 Å². The van der Waals surface area contributed by atoms with Crippen molar-refractivity contribution < 1.29 is 20.4 Å². The number of nitroso groups, excluding NO2 is 1. The first-order chi connectivity index (χ1) is 16.9. The number of hydrogen-bond acceptors (Lipinski definition) is 1. The molecule has 2 nitrogen and oxygen atoms in total. The molecule has 0 heterocycles. The van der Waals surface area contributed by atoms with E-state index in [-0.39, 0.29) is 20.4 Å². The average molecular weight is 652 g/mol. The second-order valence-electron chi connectivity index (χ2n) is 7.69. The van der Waals surface area contributed by atoms with Crippen LogP contribution in [0.4, 0.5) is 0 Å². The van der Waals surface area contributed by atoms with Crippen LogP contribution >= 0.6 is 7.92 Å². The van der Waals surface area contributed by atoms with Crippen molar-refractivity contribution in [3.8, 4) is 0 Å². The van der Waals surface area contributed by atoms with Gasteiger partial charge in [0.15, 0.2) is 0 Å². The zero-order valence-corrected chi connectivity index (χ0v) is 23.5. The Labute approximate surface area is 225 Å². The van der Waals surface area contributed by atoms with Crippen molar-refractivity contribution >= 4 is 29.9 Å². The molecule has 0 N–H and O–H groups in total. The predicted molar refractivity (Wildman–Crippen MR) is 150 cm³/mol. The van der Waals surface area contributed by atoms with Gasteiger partial charge in [-0.05, 0) is 23.8 Å². The molecule has 0 atom stereocenters. The van der Waals surface area contributed by atoms with Gasteiger partial charge in [-0.2, -0.15) is 5.56 Å². The molecule has 0 spiro atoms. The first-order valence-corrected chi connectivity index (χ1v) is 13.0. The summed E-state index contributed by atoms with van der Waals surface area (Å²) in [6.07, 6.45) is 9.08. The summed E-state index contributed by atoms with van der Waals surface area (Å²) in [6, 6.07) is 42.1. The first-order valence-electron chi connectivity index (χ1n) is 11.6. The van der Waals surface area contributed by atoms with Gasteiger partial charge in [-0.1, -0.05) is 141 Å². The monoisotopic (exact) mass is 652 g/mol. The molecule has 4 aromatic rings. The quantitative estimate of drug-likeness (QED) is 0.164. The Morgan fingerprint density at radius 3 is 1.00 bits per heavy atom. The summed E-state index contributed by atoms with van der Waals surface area (Å²) >= 11 is 0. The molecule has 1 fully saturated rings. The van der Waals surface area contributed by atoms with E-state index in [1.54, 1.807) is 6.08 Å². The van der Waals surface area contributed by atoms with Crippen LogP contribution in [0.2, 0.25) is 0 Å². The van der Waals surface area contributed by atoms with Gasteiger partial charge in [0.25, 0.3) is 0 Å². The average Bonchev–Trinajstić information content (AvgIpc) is 3.53. The van der Waals surface area contributed by atoms with Gasteiger partial charge in [-0.3, -0.25) is 6.58 Å². The predicted octanol–water partition coefficient (Wildman–Crippen LogP) is 7.85. The summed E-state index contributed by atoms with van der Waals surface area (Å²) in [5, 5.41) is 4.19. The molecule has 35 heavy (non-hydrogen) atoms. The topological polar surface area (TPSA) is 39.4 Å². The largest absolute Gasteiger partial charge is 0.577 e. The van der Waals surface area contributed by atoms with Gasteiger partial charge in [-0.15, -0.1) is 12.1 Å². The fourth-order valence-electron chi connectivity index (χ4n) is 3.63. The third-order valence-corrected chi connectivity index (χ3v) is 7.73. The van der Waals surface area contributed by atoms with Crippen molar-refractivity contribution in [3.05, 3.63) is 144 Å². The molecular weight excluding hydrogens is 620 g/mol. The summed E-state index contributed by atoms with van der Waals surface area (Å²) in [7, 11) is -0.446. The van der Waals surface area contributed by atoms with E-state index >= 15 is 0 Å². The van der Waals surface area contributed by atoms with E-state index in [1.807, 2.05) is 30.3 Å². The third-order valence-electron chi connectivity index (χ3n) is 5.29. The molecule has 1 saturated carbocycles. The van der Waals surface area contributed by atoms with Crippen LogP contribution in [0.5, 0.6) is 0 Å². The molecule has 181 valence electrons. The normalized spacial score (nSPS) is 11.2. The van der Waals surface area contributed by atoms with E-state index in [0.717, 1.165) is 5.56 Å². The summed E-state index contributed by atoms with van der Waals surface area (Å²) in [6.45, 7) is 5.22. The van der Waals surface area contributed by atoms with E-state index in [4.69, 9.17) is 17.1 Å². The third kappa shape index (κ3) is 11.5. The minimum atomic E-state index is -0.446. The summed E-state index contributed by atoms with van der Waals surface area (Å²) in [5.74, 6) is 0. The molecular formula is C31H32NOPRe-2. The Morgan fingerprint density at radius 2 is 0.771 bits per heavy atom. The van der Waals surface area contributed by atoms with E-state index < -0.39 is 7.92 Å².